The average Bonchev–Trinajstić information content (AvgIpc) is 2.91. The number of sulfonamides is 1. The largest absolute Gasteiger partial charge is 0.377 e. The number of rotatable bonds is 5. The van der Waals surface area contributed by atoms with Crippen LogP contribution in [0.2, 0.25) is 0 Å². The maximum absolute atomic E-state index is 12.7. The lowest BCUT2D eigenvalue weighted by Gasteiger charge is -2.24. The smallest absolute Gasteiger partial charge is 0.241 e. The summed E-state index contributed by atoms with van der Waals surface area (Å²) in [5.74, 6) is 0. The van der Waals surface area contributed by atoms with Gasteiger partial charge in [-0.2, -0.15) is 4.72 Å². The molecule has 1 heterocycles. The standard InChI is InChI=1S/C15H21N3O2S2/c1-11-6-7-12(10-13(11)18(4)5)22(19,20)17-15(2,3)14-16-8-9-21-14/h6-10,17H,1-5H3. The number of benzene rings is 1. The van der Waals surface area contributed by atoms with Gasteiger partial charge in [0.1, 0.15) is 5.01 Å². The number of nitrogens with zero attached hydrogens (tertiary/aromatic N) is 2. The van der Waals surface area contributed by atoms with E-state index in [2.05, 4.69) is 9.71 Å². The summed E-state index contributed by atoms with van der Waals surface area (Å²) in [5, 5.41) is 2.57. The number of hydrogen-bond donors (Lipinski definition) is 1. The number of thiazole rings is 1. The first-order chi connectivity index (χ1) is 10.1. The van der Waals surface area contributed by atoms with E-state index in [1.807, 2.05) is 51.2 Å². The number of aromatic nitrogens is 1. The van der Waals surface area contributed by atoms with Crippen LogP contribution in [0, 0.1) is 6.92 Å². The Kier molecular flexibility index (Phi) is 4.60. The van der Waals surface area contributed by atoms with Gasteiger partial charge in [-0.15, -0.1) is 11.3 Å². The molecule has 0 spiro atoms. The zero-order valence-electron chi connectivity index (χ0n) is 13.4. The summed E-state index contributed by atoms with van der Waals surface area (Å²) in [6.07, 6.45) is 1.67. The van der Waals surface area contributed by atoms with Crippen molar-refractivity contribution in [2.24, 2.45) is 0 Å². The summed E-state index contributed by atoms with van der Waals surface area (Å²) >= 11 is 1.43. The lowest BCUT2D eigenvalue weighted by molar-refractivity contribution is 0.470. The molecule has 0 aliphatic carbocycles. The zero-order chi connectivity index (χ0) is 16.5. The first-order valence-electron chi connectivity index (χ1n) is 6.85. The van der Waals surface area contributed by atoms with Crippen molar-refractivity contribution in [2.75, 3.05) is 19.0 Å². The second kappa shape index (κ2) is 5.98. The molecule has 1 aromatic heterocycles. The summed E-state index contributed by atoms with van der Waals surface area (Å²) in [7, 11) is 0.162. The van der Waals surface area contributed by atoms with Gasteiger partial charge in [0, 0.05) is 31.4 Å². The van der Waals surface area contributed by atoms with Crippen LogP contribution in [-0.4, -0.2) is 27.5 Å². The van der Waals surface area contributed by atoms with E-state index in [1.165, 1.54) is 11.3 Å². The highest BCUT2D eigenvalue weighted by Crippen LogP contribution is 2.27. The lowest BCUT2D eigenvalue weighted by Crippen LogP contribution is -2.40. The summed E-state index contributed by atoms with van der Waals surface area (Å²) < 4.78 is 28.1. The number of aryl methyl sites for hydroxylation is 1. The van der Waals surface area contributed by atoms with Gasteiger partial charge in [-0.05, 0) is 38.5 Å². The molecule has 0 saturated carbocycles. The minimum absolute atomic E-state index is 0.256. The number of nitrogens with one attached hydrogen (secondary N) is 1. The van der Waals surface area contributed by atoms with Crippen LogP contribution in [0.4, 0.5) is 5.69 Å². The molecule has 0 fully saturated rings. The van der Waals surface area contributed by atoms with Gasteiger partial charge in [0.05, 0.1) is 10.4 Å². The zero-order valence-corrected chi connectivity index (χ0v) is 15.0. The van der Waals surface area contributed by atoms with Crippen LogP contribution in [0.3, 0.4) is 0 Å². The van der Waals surface area contributed by atoms with Gasteiger partial charge < -0.3 is 4.90 Å². The predicted molar refractivity (Wildman–Crippen MR) is 91.0 cm³/mol. The van der Waals surface area contributed by atoms with Crippen molar-refractivity contribution < 1.29 is 8.42 Å². The molecule has 2 aromatic rings. The van der Waals surface area contributed by atoms with Crippen LogP contribution < -0.4 is 9.62 Å². The first kappa shape index (κ1) is 16.9. The third kappa shape index (κ3) is 3.48. The minimum atomic E-state index is -3.63. The van der Waals surface area contributed by atoms with Crippen molar-refractivity contribution >= 4 is 27.0 Å². The van der Waals surface area contributed by atoms with E-state index in [1.54, 1.807) is 18.3 Å². The molecular weight excluding hydrogens is 318 g/mol. The Hall–Kier alpha value is -1.44. The third-order valence-corrected chi connectivity index (χ3v) is 6.08. The molecule has 0 aliphatic heterocycles. The van der Waals surface area contributed by atoms with E-state index in [0.29, 0.717) is 0 Å². The summed E-state index contributed by atoms with van der Waals surface area (Å²) in [6, 6.07) is 5.14. The van der Waals surface area contributed by atoms with Crippen molar-refractivity contribution in [3.05, 3.63) is 40.3 Å². The van der Waals surface area contributed by atoms with Crippen molar-refractivity contribution in [2.45, 2.75) is 31.2 Å². The highest BCUT2D eigenvalue weighted by molar-refractivity contribution is 7.89. The quantitative estimate of drug-likeness (QED) is 0.910. The van der Waals surface area contributed by atoms with Gasteiger partial charge in [-0.1, -0.05) is 6.07 Å². The van der Waals surface area contributed by atoms with Crippen molar-refractivity contribution in [3.63, 3.8) is 0 Å². The molecule has 0 radical (unpaired) electrons. The Bertz CT molecular complexity index is 751. The lowest BCUT2D eigenvalue weighted by atomic mass is 10.1. The summed E-state index contributed by atoms with van der Waals surface area (Å²) in [5.41, 5.74) is 1.16. The predicted octanol–water partition coefficient (Wildman–Crippen LogP) is 2.73. The van der Waals surface area contributed by atoms with Crippen LogP contribution in [0.1, 0.15) is 24.4 Å². The molecule has 2 rings (SSSR count). The fourth-order valence-corrected chi connectivity index (χ4v) is 4.39. The van der Waals surface area contributed by atoms with Gasteiger partial charge in [0.2, 0.25) is 10.0 Å². The molecule has 120 valence electrons. The van der Waals surface area contributed by atoms with Gasteiger partial charge in [-0.25, -0.2) is 13.4 Å². The maximum Gasteiger partial charge on any atom is 0.241 e. The fraction of sp³-hybridized carbons (Fsp3) is 0.400. The molecule has 1 N–H and O–H groups in total. The Labute approximate surface area is 136 Å². The fourth-order valence-electron chi connectivity index (χ4n) is 2.21. The molecule has 0 atom stereocenters. The Morgan fingerprint density at radius 2 is 1.95 bits per heavy atom. The van der Waals surface area contributed by atoms with Crippen molar-refractivity contribution in [3.8, 4) is 0 Å². The van der Waals surface area contributed by atoms with E-state index in [0.717, 1.165) is 16.3 Å². The van der Waals surface area contributed by atoms with Crippen molar-refractivity contribution in [1.29, 1.82) is 0 Å². The molecule has 0 saturated heterocycles. The van der Waals surface area contributed by atoms with Crippen LogP contribution in [0.5, 0.6) is 0 Å². The Morgan fingerprint density at radius 1 is 1.27 bits per heavy atom. The topological polar surface area (TPSA) is 62.3 Å². The average molecular weight is 339 g/mol. The third-order valence-electron chi connectivity index (χ3n) is 3.33. The molecule has 1 aromatic carbocycles. The molecule has 0 bridgehead atoms. The molecule has 22 heavy (non-hydrogen) atoms. The van der Waals surface area contributed by atoms with Gasteiger partial charge in [0.25, 0.3) is 0 Å². The SMILES string of the molecule is Cc1ccc(S(=O)(=O)NC(C)(C)c2nccs2)cc1N(C)C. The van der Waals surface area contributed by atoms with Crippen LogP contribution >= 0.6 is 11.3 Å². The van der Waals surface area contributed by atoms with Gasteiger partial charge in [-0.3, -0.25) is 0 Å². The van der Waals surface area contributed by atoms with Crippen LogP contribution in [-0.2, 0) is 15.6 Å². The Morgan fingerprint density at radius 3 is 2.50 bits per heavy atom. The minimum Gasteiger partial charge on any atom is -0.377 e. The van der Waals surface area contributed by atoms with Gasteiger partial charge >= 0.3 is 0 Å². The maximum atomic E-state index is 12.7. The monoisotopic (exact) mass is 339 g/mol. The first-order valence-corrected chi connectivity index (χ1v) is 9.22. The second-order valence-electron chi connectivity index (χ2n) is 5.91. The van der Waals surface area contributed by atoms with Crippen LogP contribution in [0.15, 0.2) is 34.7 Å². The highest BCUT2D eigenvalue weighted by atomic mass is 32.2. The molecule has 7 heteroatoms. The molecular formula is C15H21N3O2S2. The van der Waals surface area contributed by atoms with Crippen molar-refractivity contribution in [1.82, 2.24) is 9.71 Å². The second-order valence-corrected chi connectivity index (χ2v) is 8.49. The van der Waals surface area contributed by atoms with E-state index >= 15 is 0 Å². The normalized spacial score (nSPS) is 12.4. The van der Waals surface area contributed by atoms with E-state index in [-0.39, 0.29) is 4.90 Å². The van der Waals surface area contributed by atoms with E-state index in [9.17, 15) is 8.42 Å². The Balaban J connectivity index is 2.37. The summed E-state index contributed by atoms with van der Waals surface area (Å²) in [6.45, 7) is 5.58. The van der Waals surface area contributed by atoms with Crippen LogP contribution in [0.25, 0.3) is 0 Å². The molecule has 0 amide bonds. The van der Waals surface area contributed by atoms with E-state index in [4.69, 9.17) is 0 Å². The van der Waals surface area contributed by atoms with E-state index < -0.39 is 15.6 Å². The number of anilines is 1. The summed E-state index contributed by atoms with van der Waals surface area (Å²) in [4.78, 5) is 6.37. The molecule has 5 nitrogen and oxygen atoms in total. The van der Waals surface area contributed by atoms with Gasteiger partial charge in [0.15, 0.2) is 0 Å². The molecule has 0 unspecified atom stereocenters. The highest BCUT2D eigenvalue weighted by Gasteiger charge is 2.30. The molecule has 0 aliphatic rings. The number of hydrogen-bond acceptors (Lipinski definition) is 5.